The zero-order chi connectivity index (χ0) is 13.1. The van der Waals surface area contributed by atoms with Gasteiger partial charge in [0.05, 0.1) is 22.9 Å². The minimum Gasteiger partial charge on any atom is -0.402 e. The molecule has 2 saturated heterocycles. The van der Waals surface area contributed by atoms with Gasteiger partial charge in [0, 0.05) is 0 Å². The third kappa shape index (κ3) is 2.14. The van der Waals surface area contributed by atoms with Gasteiger partial charge in [-0.3, -0.25) is 0 Å². The molecule has 2 heterocycles. The second-order valence-electron chi connectivity index (χ2n) is 6.49. The molecule has 1 unspecified atom stereocenters. The zero-order valence-electron chi connectivity index (χ0n) is 11.9. The Morgan fingerprint density at radius 3 is 1.71 bits per heavy atom. The van der Waals surface area contributed by atoms with Gasteiger partial charge in [0.15, 0.2) is 6.19 Å². The molecule has 0 aromatic rings. The van der Waals surface area contributed by atoms with Crippen molar-refractivity contribution < 1.29 is 18.8 Å². The molecule has 2 aliphatic heterocycles. The van der Waals surface area contributed by atoms with Crippen molar-refractivity contribution in [3.63, 3.8) is 0 Å². The summed E-state index contributed by atoms with van der Waals surface area (Å²) in [4.78, 5) is 0. The zero-order valence-corrected chi connectivity index (χ0v) is 11.9. The predicted octanol–water partition coefficient (Wildman–Crippen LogP) is 2.16. The van der Waals surface area contributed by atoms with Crippen LogP contribution in [0, 0.1) is 0 Å². The fourth-order valence-corrected chi connectivity index (χ4v) is 1.91. The topological polar surface area (TPSA) is 36.9 Å². The van der Waals surface area contributed by atoms with Gasteiger partial charge >= 0.3 is 7.12 Å². The molecule has 2 fully saturated rings. The van der Waals surface area contributed by atoms with Gasteiger partial charge in [0.25, 0.3) is 0 Å². The molecule has 0 radical (unpaired) electrons. The molecule has 1 atom stereocenters. The van der Waals surface area contributed by atoms with Gasteiger partial charge < -0.3 is 18.8 Å². The maximum Gasteiger partial charge on any atom is 0.517 e. The molecular formula is C12H23BO4. The van der Waals surface area contributed by atoms with Crippen molar-refractivity contribution in [3.05, 3.63) is 0 Å². The molecule has 0 N–H and O–H groups in total. The van der Waals surface area contributed by atoms with Gasteiger partial charge in [-0.1, -0.05) is 0 Å². The van der Waals surface area contributed by atoms with Crippen LogP contribution in [0.1, 0.15) is 48.5 Å². The monoisotopic (exact) mass is 242 g/mol. The van der Waals surface area contributed by atoms with E-state index in [0.717, 1.165) is 0 Å². The van der Waals surface area contributed by atoms with Crippen LogP contribution in [0.5, 0.6) is 0 Å². The molecule has 0 saturated carbocycles. The third-order valence-electron chi connectivity index (χ3n) is 4.23. The van der Waals surface area contributed by atoms with Gasteiger partial charge in [-0.25, -0.2) is 0 Å². The van der Waals surface area contributed by atoms with E-state index in [4.69, 9.17) is 18.8 Å². The quantitative estimate of drug-likeness (QED) is 0.660. The van der Waals surface area contributed by atoms with Crippen molar-refractivity contribution in [2.45, 2.75) is 77.6 Å². The summed E-state index contributed by atoms with van der Waals surface area (Å²) >= 11 is 0. The van der Waals surface area contributed by atoms with Crippen LogP contribution in [0.4, 0.5) is 0 Å². The van der Waals surface area contributed by atoms with E-state index in [1.807, 2.05) is 48.5 Å². The number of hydrogen-bond acceptors (Lipinski definition) is 4. The average Bonchev–Trinajstić information content (AvgIpc) is 2.49. The summed E-state index contributed by atoms with van der Waals surface area (Å²) in [6, 6.07) is 0. The van der Waals surface area contributed by atoms with Crippen molar-refractivity contribution in [1.82, 2.24) is 0 Å². The van der Waals surface area contributed by atoms with Crippen molar-refractivity contribution in [2.75, 3.05) is 0 Å². The standard InChI is InChI=1S/C12H23BO4/c1-8-10(2,3)17-13(16-8)9-14-11(4,5)12(6,7)15-9/h8-9H,1-7H3. The van der Waals surface area contributed by atoms with Crippen LogP contribution in [0.3, 0.4) is 0 Å². The van der Waals surface area contributed by atoms with E-state index in [1.54, 1.807) is 0 Å². The largest absolute Gasteiger partial charge is 0.517 e. The van der Waals surface area contributed by atoms with Crippen LogP contribution in [0.15, 0.2) is 0 Å². The maximum atomic E-state index is 5.92. The van der Waals surface area contributed by atoms with Crippen molar-refractivity contribution >= 4 is 7.12 Å². The molecule has 0 amide bonds. The first-order valence-electron chi connectivity index (χ1n) is 6.24. The first-order chi connectivity index (χ1) is 7.55. The van der Waals surface area contributed by atoms with Crippen molar-refractivity contribution in [1.29, 1.82) is 0 Å². The number of ether oxygens (including phenoxy) is 2. The summed E-state index contributed by atoms with van der Waals surface area (Å²) < 4.78 is 23.5. The van der Waals surface area contributed by atoms with Gasteiger partial charge in [0.1, 0.15) is 0 Å². The van der Waals surface area contributed by atoms with Crippen molar-refractivity contribution in [3.8, 4) is 0 Å². The van der Waals surface area contributed by atoms with Crippen LogP contribution >= 0.6 is 0 Å². The summed E-state index contributed by atoms with van der Waals surface area (Å²) in [7, 11) is -0.443. The molecule has 5 heteroatoms. The maximum absolute atomic E-state index is 5.92. The van der Waals surface area contributed by atoms with Crippen molar-refractivity contribution in [2.24, 2.45) is 0 Å². The third-order valence-corrected chi connectivity index (χ3v) is 4.23. The molecule has 0 bridgehead atoms. The minimum atomic E-state index is -0.454. The highest BCUT2D eigenvalue weighted by Crippen LogP contribution is 2.41. The second kappa shape index (κ2) is 3.70. The predicted molar refractivity (Wildman–Crippen MR) is 65.6 cm³/mol. The Morgan fingerprint density at radius 2 is 1.35 bits per heavy atom. The van der Waals surface area contributed by atoms with E-state index < -0.39 is 13.3 Å². The Morgan fingerprint density at radius 1 is 0.882 bits per heavy atom. The highest BCUT2D eigenvalue weighted by molar-refractivity contribution is 6.46. The highest BCUT2D eigenvalue weighted by atomic mass is 16.8. The van der Waals surface area contributed by atoms with Gasteiger partial charge in [-0.2, -0.15) is 0 Å². The SMILES string of the molecule is CC1OB(C2OC(C)(C)C(C)(C)O2)OC1(C)C. The molecule has 0 spiro atoms. The molecule has 0 aromatic heterocycles. The molecule has 17 heavy (non-hydrogen) atoms. The fourth-order valence-electron chi connectivity index (χ4n) is 1.91. The molecule has 0 aromatic carbocycles. The molecule has 98 valence electrons. The Hall–Kier alpha value is -0.0951. The minimum absolute atomic E-state index is 0.0338. The lowest BCUT2D eigenvalue weighted by Gasteiger charge is -2.30. The van der Waals surface area contributed by atoms with Gasteiger partial charge in [0.2, 0.25) is 0 Å². The highest BCUT2D eigenvalue weighted by Gasteiger charge is 2.58. The Balaban J connectivity index is 2.08. The van der Waals surface area contributed by atoms with Gasteiger partial charge in [-0.05, 0) is 48.5 Å². The van der Waals surface area contributed by atoms with E-state index in [-0.39, 0.29) is 22.9 Å². The Kier molecular flexibility index (Phi) is 2.90. The number of hydrogen-bond donors (Lipinski definition) is 0. The lowest BCUT2D eigenvalue weighted by Crippen LogP contribution is -2.41. The number of rotatable bonds is 1. The van der Waals surface area contributed by atoms with E-state index in [9.17, 15) is 0 Å². The van der Waals surface area contributed by atoms with Crippen LogP contribution in [0.2, 0.25) is 0 Å². The Labute approximate surface area is 104 Å². The van der Waals surface area contributed by atoms with E-state index in [0.29, 0.717) is 0 Å². The fraction of sp³-hybridized carbons (Fsp3) is 1.00. The van der Waals surface area contributed by atoms with Crippen LogP contribution in [-0.4, -0.2) is 36.2 Å². The molecule has 2 aliphatic rings. The summed E-state index contributed by atoms with van der Waals surface area (Å²) in [5, 5.41) is 0. The van der Waals surface area contributed by atoms with E-state index >= 15 is 0 Å². The summed E-state index contributed by atoms with van der Waals surface area (Å²) in [5.41, 5.74) is -0.991. The Bertz CT molecular complexity index is 298. The smallest absolute Gasteiger partial charge is 0.402 e. The lowest BCUT2D eigenvalue weighted by molar-refractivity contribution is -0.0521. The van der Waals surface area contributed by atoms with Gasteiger partial charge in [-0.15, -0.1) is 0 Å². The van der Waals surface area contributed by atoms with E-state index in [1.165, 1.54) is 0 Å². The second-order valence-corrected chi connectivity index (χ2v) is 6.49. The molecule has 2 rings (SSSR count). The summed E-state index contributed by atoms with van der Waals surface area (Å²) in [6.45, 7) is 14.1. The average molecular weight is 242 g/mol. The molecular weight excluding hydrogens is 219 g/mol. The molecule has 0 aliphatic carbocycles. The molecule has 4 nitrogen and oxygen atoms in total. The van der Waals surface area contributed by atoms with E-state index in [2.05, 4.69) is 0 Å². The van der Waals surface area contributed by atoms with Crippen LogP contribution in [-0.2, 0) is 18.8 Å². The normalized spacial score (nSPS) is 35.5. The summed E-state index contributed by atoms with van der Waals surface area (Å²) in [6.07, 6.45) is -0.421. The first-order valence-corrected chi connectivity index (χ1v) is 6.24. The summed E-state index contributed by atoms with van der Waals surface area (Å²) in [5.74, 6) is 0. The first kappa shape index (κ1) is 13.3. The van der Waals surface area contributed by atoms with Crippen LogP contribution < -0.4 is 0 Å². The van der Waals surface area contributed by atoms with Crippen LogP contribution in [0.25, 0.3) is 0 Å². The lowest BCUT2D eigenvalue weighted by atomic mass is 9.89.